The largest absolute Gasteiger partial charge is 0.456 e. The van der Waals surface area contributed by atoms with E-state index in [0.29, 0.717) is 0 Å². The normalized spacial score (nSPS) is 41.3. The highest BCUT2D eigenvalue weighted by molar-refractivity contribution is 6.20. The van der Waals surface area contributed by atoms with Crippen molar-refractivity contribution in [2.45, 2.75) is 36.9 Å². The van der Waals surface area contributed by atoms with Gasteiger partial charge in [-0.15, -0.1) is 0 Å². The summed E-state index contributed by atoms with van der Waals surface area (Å²) < 4.78 is 9.65. The molecule has 0 saturated carbocycles. The van der Waals surface area contributed by atoms with Crippen molar-refractivity contribution in [1.29, 1.82) is 0 Å². The number of esters is 1. The van der Waals surface area contributed by atoms with Crippen LogP contribution in [0.5, 0.6) is 0 Å². The van der Waals surface area contributed by atoms with Gasteiger partial charge >= 0.3 is 5.97 Å². The number of aliphatic hydroxyl groups is 3. The molecule has 3 N–H and O–H groups in total. The molecule has 1 fully saturated rings. The van der Waals surface area contributed by atoms with Crippen LogP contribution in [-0.2, 0) is 14.3 Å². The number of carbonyl (C=O) groups is 1. The highest BCUT2D eigenvalue weighted by Crippen LogP contribution is 2.25. The highest BCUT2D eigenvalue weighted by atomic mass is 35.5. The van der Waals surface area contributed by atoms with E-state index in [4.69, 9.17) is 26.2 Å². The lowest BCUT2D eigenvalue weighted by Crippen LogP contribution is -2.58. The molecule has 88 valence electrons. The van der Waals surface area contributed by atoms with E-state index in [1.54, 1.807) is 0 Å². The minimum Gasteiger partial charge on any atom is -0.456 e. The lowest BCUT2D eigenvalue weighted by Gasteiger charge is -2.39. The van der Waals surface area contributed by atoms with Gasteiger partial charge in [-0.1, -0.05) is 11.6 Å². The Hall–Kier alpha value is -0.400. The topological polar surface area (TPSA) is 96.2 Å². The summed E-state index contributed by atoms with van der Waals surface area (Å²) in [6.45, 7) is 0.676. The molecule has 0 aromatic heterocycles. The lowest BCUT2D eigenvalue weighted by molar-refractivity contribution is -0.220. The van der Waals surface area contributed by atoms with Crippen LogP contribution >= 0.6 is 11.6 Å². The molecule has 15 heavy (non-hydrogen) atoms. The van der Waals surface area contributed by atoms with Gasteiger partial charge in [0.2, 0.25) is 0 Å². The van der Waals surface area contributed by atoms with Crippen LogP contribution < -0.4 is 0 Å². The van der Waals surface area contributed by atoms with Gasteiger partial charge in [-0.3, -0.25) is 4.79 Å². The predicted octanol–water partition coefficient (Wildman–Crippen LogP) is -1.40. The lowest BCUT2D eigenvalue weighted by atomic mass is 10.0. The van der Waals surface area contributed by atoms with Crippen molar-refractivity contribution in [3.05, 3.63) is 0 Å². The van der Waals surface area contributed by atoms with Gasteiger partial charge in [0, 0.05) is 6.92 Å². The summed E-state index contributed by atoms with van der Waals surface area (Å²) in [4.78, 5) is 10.7. The maximum Gasteiger partial charge on any atom is 0.303 e. The van der Waals surface area contributed by atoms with E-state index in [0.717, 1.165) is 6.92 Å². The first-order valence-corrected chi connectivity index (χ1v) is 4.84. The zero-order valence-electron chi connectivity index (χ0n) is 8.04. The van der Waals surface area contributed by atoms with E-state index in [1.165, 1.54) is 0 Å². The molecule has 0 spiro atoms. The highest BCUT2D eigenvalue weighted by Gasteiger charge is 2.45. The van der Waals surface area contributed by atoms with Crippen LogP contribution in [0.1, 0.15) is 6.92 Å². The minimum absolute atomic E-state index is 0.478. The number of halogens is 1. The Morgan fingerprint density at radius 3 is 2.53 bits per heavy atom. The molecule has 1 heterocycles. The van der Waals surface area contributed by atoms with Crippen LogP contribution in [0.4, 0.5) is 0 Å². The van der Waals surface area contributed by atoms with Crippen LogP contribution in [0.15, 0.2) is 0 Å². The van der Waals surface area contributed by atoms with E-state index in [9.17, 15) is 15.0 Å². The van der Waals surface area contributed by atoms with Gasteiger partial charge in [0.05, 0.1) is 6.61 Å². The average molecular weight is 241 g/mol. The molecule has 0 bridgehead atoms. The second-order valence-corrected chi connectivity index (χ2v) is 3.69. The Labute approximate surface area is 91.4 Å². The number of ether oxygens (including phenoxy) is 2. The number of alkyl halides is 1. The molecule has 0 radical (unpaired) electrons. The maximum atomic E-state index is 10.7. The molecule has 6 nitrogen and oxygen atoms in total. The standard InChI is InChI=1S/C8H13ClO6/c1-3(11)14-7-6(13)5(12)4(2-10)15-8(7)9/h4-8,10,12-13H,2H2,1H3/t4-,5+,6+,7-,8+/m1/s1. The fourth-order valence-electron chi connectivity index (χ4n) is 1.36. The number of aliphatic hydroxyl groups excluding tert-OH is 3. The van der Waals surface area contributed by atoms with Gasteiger partial charge in [-0.2, -0.15) is 0 Å². The van der Waals surface area contributed by atoms with Crippen molar-refractivity contribution in [3.8, 4) is 0 Å². The quantitative estimate of drug-likeness (QED) is 0.406. The summed E-state index contributed by atoms with van der Waals surface area (Å²) in [5.41, 5.74) is -1.09. The fourth-order valence-corrected chi connectivity index (χ4v) is 1.69. The Kier molecular flexibility index (Phi) is 4.30. The average Bonchev–Trinajstić information content (AvgIpc) is 2.18. The molecule has 0 unspecified atom stereocenters. The molecule has 1 saturated heterocycles. The molecule has 0 aromatic carbocycles. The Balaban J connectivity index is 2.70. The SMILES string of the molecule is CC(=O)O[C@@H]1[C@@H](O)[C@@H](O)[C@@H](CO)O[C@@H]1Cl. The van der Waals surface area contributed by atoms with Crippen LogP contribution in [0.2, 0.25) is 0 Å². The molecular formula is C8H13ClO6. The molecule has 0 aromatic rings. The van der Waals surface area contributed by atoms with Gasteiger partial charge in [-0.05, 0) is 0 Å². The third-order valence-electron chi connectivity index (χ3n) is 2.11. The predicted molar refractivity (Wildman–Crippen MR) is 49.2 cm³/mol. The molecule has 1 rings (SSSR count). The van der Waals surface area contributed by atoms with Crippen molar-refractivity contribution in [1.82, 2.24) is 0 Å². The van der Waals surface area contributed by atoms with Crippen LogP contribution in [0, 0.1) is 0 Å². The maximum absolute atomic E-state index is 10.7. The first-order valence-electron chi connectivity index (χ1n) is 4.41. The molecule has 0 amide bonds. The molecule has 0 aliphatic carbocycles. The number of carbonyl (C=O) groups excluding carboxylic acids is 1. The van der Waals surface area contributed by atoms with Gasteiger partial charge in [0.25, 0.3) is 0 Å². The number of rotatable bonds is 2. The van der Waals surface area contributed by atoms with Gasteiger partial charge < -0.3 is 24.8 Å². The zero-order chi connectivity index (χ0) is 11.6. The first kappa shape index (κ1) is 12.7. The second kappa shape index (κ2) is 5.09. The van der Waals surface area contributed by atoms with Crippen molar-refractivity contribution in [3.63, 3.8) is 0 Å². The zero-order valence-corrected chi connectivity index (χ0v) is 8.79. The third-order valence-corrected chi connectivity index (χ3v) is 2.46. The van der Waals surface area contributed by atoms with E-state index in [2.05, 4.69) is 0 Å². The fraction of sp³-hybridized carbons (Fsp3) is 0.875. The first-order chi connectivity index (χ1) is 6.97. The summed E-state index contributed by atoms with van der Waals surface area (Å²) in [5.74, 6) is -0.636. The number of hydrogen-bond donors (Lipinski definition) is 3. The van der Waals surface area contributed by atoms with Crippen LogP contribution in [0.25, 0.3) is 0 Å². The van der Waals surface area contributed by atoms with Crippen LogP contribution in [0.3, 0.4) is 0 Å². The Morgan fingerprint density at radius 2 is 2.07 bits per heavy atom. The summed E-state index contributed by atoms with van der Waals surface area (Å²) in [6, 6.07) is 0. The molecular weight excluding hydrogens is 228 g/mol. The van der Waals surface area contributed by atoms with Crippen molar-refractivity contribution in [2.75, 3.05) is 6.61 Å². The van der Waals surface area contributed by atoms with E-state index in [-0.39, 0.29) is 0 Å². The van der Waals surface area contributed by atoms with Crippen molar-refractivity contribution >= 4 is 17.6 Å². The molecule has 1 aliphatic rings. The summed E-state index contributed by atoms with van der Waals surface area (Å²) >= 11 is 5.68. The van der Waals surface area contributed by atoms with E-state index in [1.807, 2.05) is 0 Å². The summed E-state index contributed by atoms with van der Waals surface area (Å²) in [5, 5.41) is 27.8. The number of hydrogen-bond acceptors (Lipinski definition) is 6. The third kappa shape index (κ3) is 2.79. The van der Waals surface area contributed by atoms with Crippen molar-refractivity contribution < 1.29 is 29.6 Å². The molecule has 5 atom stereocenters. The van der Waals surface area contributed by atoms with Crippen LogP contribution in [-0.4, -0.2) is 57.9 Å². The van der Waals surface area contributed by atoms with E-state index < -0.39 is 42.6 Å². The second-order valence-electron chi connectivity index (χ2n) is 3.26. The molecule has 7 heteroatoms. The summed E-state index contributed by atoms with van der Waals surface area (Å²) in [7, 11) is 0. The Bertz CT molecular complexity index is 235. The molecule has 1 aliphatic heterocycles. The minimum atomic E-state index is -1.37. The van der Waals surface area contributed by atoms with Gasteiger partial charge in [0.1, 0.15) is 18.3 Å². The van der Waals surface area contributed by atoms with E-state index >= 15 is 0 Å². The van der Waals surface area contributed by atoms with Gasteiger partial charge in [0.15, 0.2) is 11.7 Å². The monoisotopic (exact) mass is 240 g/mol. The Morgan fingerprint density at radius 1 is 1.47 bits per heavy atom. The summed E-state index contributed by atoms with van der Waals surface area (Å²) in [6.07, 6.45) is -4.83. The smallest absolute Gasteiger partial charge is 0.303 e. The van der Waals surface area contributed by atoms with Gasteiger partial charge in [-0.25, -0.2) is 0 Å². The van der Waals surface area contributed by atoms with Crippen molar-refractivity contribution in [2.24, 2.45) is 0 Å².